The van der Waals surface area contributed by atoms with Crippen molar-refractivity contribution < 1.29 is 14.3 Å². The lowest BCUT2D eigenvalue weighted by molar-refractivity contribution is -0.122. The van der Waals surface area contributed by atoms with Crippen molar-refractivity contribution in [2.24, 2.45) is 0 Å². The summed E-state index contributed by atoms with van der Waals surface area (Å²) in [5.41, 5.74) is 3.08. The number of carbonyl (C=O) groups is 2. The highest BCUT2D eigenvalue weighted by Gasteiger charge is 2.15. The molecule has 0 aliphatic heterocycles. The van der Waals surface area contributed by atoms with Gasteiger partial charge in [0.25, 0.3) is 11.8 Å². The Bertz CT molecular complexity index is 981. The molecule has 3 aromatic carbocycles. The summed E-state index contributed by atoms with van der Waals surface area (Å²) in [4.78, 5) is 24.6. The molecule has 30 heavy (non-hydrogen) atoms. The van der Waals surface area contributed by atoms with Crippen LogP contribution in [0, 0.1) is 0 Å². The molecule has 0 saturated carbocycles. The molecule has 0 fully saturated rings. The third-order valence-corrected chi connectivity index (χ3v) is 4.68. The van der Waals surface area contributed by atoms with Gasteiger partial charge in [-0.3, -0.25) is 9.59 Å². The van der Waals surface area contributed by atoms with Crippen LogP contribution in [0.25, 0.3) is 0 Å². The van der Waals surface area contributed by atoms with Crippen molar-refractivity contribution in [1.29, 1.82) is 0 Å². The Hall–Kier alpha value is -3.60. The van der Waals surface area contributed by atoms with Crippen LogP contribution >= 0.6 is 0 Å². The molecule has 2 amide bonds. The Balaban J connectivity index is 1.54. The van der Waals surface area contributed by atoms with Gasteiger partial charge in [0, 0.05) is 16.9 Å². The molecule has 0 heterocycles. The largest absolute Gasteiger partial charge is 0.481 e. The van der Waals surface area contributed by atoms with Gasteiger partial charge in [0.2, 0.25) is 0 Å². The van der Waals surface area contributed by atoms with E-state index >= 15 is 0 Å². The third-order valence-electron chi connectivity index (χ3n) is 4.68. The molecule has 2 N–H and O–H groups in total. The van der Waals surface area contributed by atoms with Gasteiger partial charge in [-0.05, 0) is 66.9 Å². The Kier molecular flexibility index (Phi) is 6.86. The molecule has 3 rings (SSSR count). The van der Waals surface area contributed by atoms with Crippen LogP contribution in [0.4, 0.5) is 11.4 Å². The van der Waals surface area contributed by atoms with Crippen LogP contribution in [0.5, 0.6) is 5.75 Å². The number of amides is 2. The van der Waals surface area contributed by atoms with E-state index in [9.17, 15) is 9.59 Å². The fourth-order valence-electron chi connectivity index (χ4n) is 2.86. The number of hydrogen-bond donors (Lipinski definition) is 2. The predicted octanol–water partition coefficient (Wildman–Crippen LogP) is 5.47. The summed E-state index contributed by atoms with van der Waals surface area (Å²) in [6.45, 7) is 5.97. The highest BCUT2D eigenvalue weighted by atomic mass is 16.5. The van der Waals surface area contributed by atoms with E-state index in [1.54, 1.807) is 43.3 Å². The molecule has 1 atom stereocenters. The number of benzene rings is 3. The normalized spacial score (nSPS) is 11.6. The Morgan fingerprint density at radius 2 is 1.30 bits per heavy atom. The molecule has 1 unspecified atom stereocenters. The summed E-state index contributed by atoms with van der Waals surface area (Å²) in [5, 5.41) is 5.66. The number of carbonyl (C=O) groups excluding carboxylic acids is 2. The number of hydrogen-bond acceptors (Lipinski definition) is 3. The maximum absolute atomic E-state index is 12.4. The van der Waals surface area contributed by atoms with Crippen molar-refractivity contribution in [2.75, 3.05) is 10.6 Å². The predicted molar refractivity (Wildman–Crippen MR) is 120 cm³/mol. The number of anilines is 2. The van der Waals surface area contributed by atoms with E-state index in [2.05, 4.69) is 24.5 Å². The van der Waals surface area contributed by atoms with E-state index < -0.39 is 6.10 Å². The molecular weight excluding hydrogens is 376 g/mol. The maximum atomic E-state index is 12.4. The van der Waals surface area contributed by atoms with Gasteiger partial charge in [0.05, 0.1) is 0 Å². The van der Waals surface area contributed by atoms with Crippen molar-refractivity contribution in [3.05, 3.63) is 90.0 Å². The van der Waals surface area contributed by atoms with Crippen LogP contribution in [-0.2, 0) is 4.79 Å². The van der Waals surface area contributed by atoms with Crippen LogP contribution in [0.3, 0.4) is 0 Å². The third kappa shape index (κ3) is 5.70. The van der Waals surface area contributed by atoms with Crippen LogP contribution in [0.15, 0.2) is 78.9 Å². The minimum Gasteiger partial charge on any atom is -0.481 e. The summed E-state index contributed by atoms with van der Waals surface area (Å²) < 4.78 is 5.74. The van der Waals surface area contributed by atoms with Crippen molar-refractivity contribution in [1.82, 2.24) is 0 Å². The van der Waals surface area contributed by atoms with E-state index in [1.807, 2.05) is 42.5 Å². The Morgan fingerprint density at radius 1 is 0.733 bits per heavy atom. The molecule has 0 saturated heterocycles. The van der Waals surface area contributed by atoms with E-state index in [1.165, 1.54) is 5.56 Å². The maximum Gasteiger partial charge on any atom is 0.265 e. The first-order valence-corrected chi connectivity index (χ1v) is 9.96. The van der Waals surface area contributed by atoms with Gasteiger partial charge in [-0.2, -0.15) is 0 Å². The second-order valence-corrected chi connectivity index (χ2v) is 7.37. The van der Waals surface area contributed by atoms with Gasteiger partial charge in [-0.1, -0.05) is 44.2 Å². The Morgan fingerprint density at radius 3 is 1.87 bits per heavy atom. The smallest absolute Gasteiger partial charge is 0.265 e. The van der Waals surface area contributed by atoms with E-state index in [-0.39, 0.29) is 11.8 Å². The zero-order valence-corrected chi connectivity index (χ0v) is 17.4. The van der Waals surface area contributed by atoms with Crippen molar-refractivity contribution in [3.8, 4) is 5.75 Å². The van der Waals surface area contributed by atoms with Crippen molar-refractivity contribution in [2.45, 2.75) is 32.8 Å². The van der Waals surface area contributed by atoms with E-state index in [0.717, 1.165) is 0 Å². The van der Waals surface area contributed by atoms with Gasteiger partial charge >= 0.3 is 0 Å². The molecule has 0 aromatic heterocycles. The summed E-state index contributed by atoms with van der Waals surface area (Å²) in [6.07, 6.45) is -0.646. The monoisotopic (exact) mass is 402 g/mol. The molecule has 3 aromatic rings. The van der Waals surface area contributed by atoms with Gasteiger partial charge in [-0.25, -0.2) is 0 Å². The topological polar surface area (TPSA) is 67.4 Å². The number of ether oxygens (including phenoxy) is 1. The highest BCUT2D eigenvalue weighted by Crippen LogP contribution is 2.20. The fourth-order valence-corrected chi connectivity index (χ4v) is 2.86. The molecule has 0 spiro atoms. The summed E-state index contributed by atoms with van der Waals surface area (Å²) in [7, 11) is 0. The zero-order valence-electron chi connectivity index (χ0n) is 17.4. The molecule has 0 radical (unpaired) electrons. The summed E-state index contributed by atoms with van der Waals surface area (Å²) in [5.74, 6) is 0.670. The quantitative estimate of drug-likeness (QED) is 0.551. The number of nitrogens with one attached hydrogen (secondary N) is 2. The van der Waals surface area contributed by atoms with Gasteiger partial charge in [0.1, 0.15) is 5.75 Å². The van der Waals surface area contributed by atoms with Gasteiger partial charge in [-0.15, -0.1) is 0 Å². The van der Waals surface area contributed by atoms with Crippen molar-refractivity contribution >= 4 is 23.2 Å². The zero-order chi connectivity index (χ0) is 21.5. The second-order valence-electron chi connectivity index (χ2n) is 7.37. The lowest BCUT2D eigenvalue weighted by Gasteiger charge is -2.16. The minimum absolute atomic E-state index is 0.183. The first kappa shape index (κ1) is 21.1. The SMILES string of the molecule is CC(Oc1ccc(C(C)C)cc1)C(=O)Nc1ccc(NC(=O)c2ccccc2)cc1. The molecule has 5 nitrogen and oxygen atoms in total. The first-order valence-electron chi connectivity index (χ1n) is 9.96. The average molecular weight is 402 g/mol. The molecular formula is C25H26N2O3. The molecule has 154 valence electrons. The van der Waals surface area contributed by atoms with Crippen molar-refractivity contribution in [3.63, 3.8) is 0 Å². The van der Waals surface area contributed by atoms with Crippen LogP contribution < -0.4 is 15.4 Å². The lowest BCUT2D eigenvalue weighted by Crippen LogP contribution is -2.30. The van der Waals surface area contributed by atoms with Gasteiger partial charge < -0.3 is 15.4 Å². The lowest BCUT2D eigenvalue weighted by atomic mass is 10.0. The highest BCUT2D eigenvalue weighted by molar-refractivity contribution is 6.04. The van der Waals surface area contributed by atoms with E-state index in [4.69, 9.17) is 4.74 Å². The van der Waals surface area contributed by atoms with Crippen LogP contribution in [-0.4, -0.2) is 17.9 Å². The first-order chi connectivity index (χ1) is 14.4. The fraction of sp³-hybridized carbons (Fsp3) is 0.200. The summed E-state index contributed by atoms with van der Waals surface area (Å²) >= 11 is 0. The van der Waals surface area contributed by atoms with Gasteiger partial charge in [0.15, 0.2) is 6.10 Å². The minimum atomic E-state index is -0.646. The number of rotatable bonds is 7. The second kappa shape index (κ2) is 9.74. The molecule has 0 aliphatic carbocycles. The average Bonchev–Trinajstić information content (AvgIpc) is 2.76. The standard InChI is InChI=1S/C25H26N2O3/c1-17(2)19-9-15-23(16-10-19)30-18(3)24(28)26-21-11-13-22(14-12-21)27-25(29)20-7-5-4-6-8-20/h4-18H,1-3H3,(H,26,28)(H,27,29). The van der Waals surface area contributed by atoms with E-state index in [0.29, 0.717) is 28.6 Å². The molecule has 0 aliphatic rings. The molecule has 5 heteroatoms. The summed E-state index contributed by atoms with van der Waals surface area (Å²) in [6, 6.07) is 23.7. The van der Waals surface area contributed by atoms with Crippen LogP contribution in [0.2, 0.25) is 0 Å². The van der Waals surface area contributed by atoms with Crippen LogP contribution in [0.1, 0.15) is 42.6 Å². The molecule has 0 bridgehead atoms. The Labute approximate surface area is 177 Å².